The zero-order valence-corrected chi connectivity index (χ0v) is 14.7. The Bertz CT molecular complexity index is 610. The highest BCUT2D eigenvalue weighted by Crippen LogP contribution is 2.33. The summed E-state index contributed by atoms with van der Waals surface area (Å²) in [7, 11) is -3.58. The summed E-state index contributed by atoms with van der Waals surface area (Å²) in [5.74, 6) is 0. The quantitative estimate of drug-likeness (QED) is 0.793. The molecule has 1 aromatic rings. The number of halogens is 2. The van der Waals surface area contributed by atoms with Gasteiger partial charge in [0.2, 0.25) is 10.0 Å². The third-order valence-electron chi connectivity index (χ3n) is 4.09. The van der Waals surface area contributed by atoms with Crippen molar-refractivity contribution >= 4 is 33.2 Å². The molecule has 21 heavy (non-hydrogen) atoms. The van der Waals surface area contributed by atoms with Crippen molar-refractivity contribution in [1.29, 1.82) is 0 Å². The molecule has 118 valence electrons. The van der Waals surface area contributed by atoms with Crippen molar-refractivity contribution in [3.63, 3.8) is 0 Å². The van der Waals surface area contributed by atoms with Crippen LogP contribution < -0.4 is 0 Å². The van der Waals surface area contributed by atoms with Gasteiger partial charge in [-0.3, -0.25) is 0 Å². The molecule has 0 amide bonds. The maximum atomic E-state index is 12.9. The fraction of sp³-hybridized carbons (Fsp3) is 0.600. The predicted octanol–water partition coefficient (Wildman–Crippen LogP) is 4.65. The summed E-state index contributed by atoms with van der Waals surface area (Å²) in [6.45, 7) is 4.13. The first kappa shape index (κ1) is 17.1. The number of rotatable bonds is 4. The summed E-state index contributed by atoms with van der Waals surface area (Å²) in [5.41, 5.74) is 0.722. The minimum absolute atomic E-state index is 0.0841. The molecule has 1 aliphatic carbocycles. The Kier molecular flexibility index (Phi) is 5.58. The molecular weight excluding hydrogens is 329 g/mol. The predicted molar refractivity (Wildman–Crippen MR) is 87.6 cm³/mol. The number of benzene rings is 1. The zero-order chi connectivity index (χ0) is 15.6. The molecule has 6 heteroatoms. The average Bonchev–Trinajstić information content (AvgIpc) is 2.44. The lowest BCUT2D eigenvalue weighted by atomic mass is 9.95. The van der Waals surface area contributed by atoms with Crippen molar-refractivity contribution < 1.29 is 8.42 Å². The maximum absolute atomic E-state index is 12.9. The Morgan fingerprint density at radius 3 is 2.33 bits per heavy atom. The van der Waals surface area contributed by atoms with E-state index in [0.29, 0.717) is 11.6 Å². The Morgan fingerprint density at radius 1 is 1.14 bits per heavy atom. The van der Waals surface area contributed by atoms with Crippen molar-refractivity contribution in [2.24, 2.45) is 0 Å². The molecule has 0 heterocycles. The van der Waals surface area contributed by atoms with Gasteiger partial charge >= 0.3 is 0 Å². The van der Waals surface area contributed by atoms with E-state index in [1.54, 1.807) is 17.3 Å². The van der Waals surface area contributed by atoms with Crippen LogP contribution in [0.1, 0.15) is 44.6 Å². The van der Waals surface area contributed by atoms with Crippen molar-refractivity contribution in [1.82, 2.24) is 4.31 Å². The van der Waals surface area contributed by atoms with Gasteiger partial charge in [0, 0.05) is 17.6 Å². The van der Waals surface area contributed by atoms with Crippen LogP contribution in [0.15, 0.2) is 17.0 Å². The Hall–Kier alpha value is -0.290. The Balaban J connectivity index is 2.41. The van der Waals surface area contributed by atoms with Gasteiger partial charge in [-0.05, 0) is 37.5 Å². The van der Waals surface area contributed by atoms with Gasteiger partial charge in [-0.2, -0.15) is 4.31 Å². The fourth-order valence-corrected chi connectivity index (χ4v) is 5.45. The highest BCUT2D eigenvalue weighted by Gasteiger charge is 2.32. The van der Waals surface area contributed by atoms with Crippen LogP contribution in [0.5, 0.6) is 0 Å². The second kappa shape index (κ2) is 6.86. The summed E-state index contributed by atoms with van der Waals surface area (Å²) >= 11 is 12.1. The second-order valence-electron chi connectivity index (χ2n) is 5.53. The van der Waals surface area contributed by atoms with Crippen molar-refractivity contribution in [2.45, 2.75) is 56.9 Å². The standard InChI is InChI=1S/C15H21Cl2NO2S/c1-3-18(12-7-5-4-6-8-12)21(19,20)15-9-11(2)13(16)10-14(15)17/h9-10,12H,3-8H2,1-2H3. The lowest BCUT2D eigenvalue weighted by Crippen LogP contribution is -2.41. The molecule has 0 aliphatic heterocycles. The second-order valence-corrected chi connectivity index (χ2v) is 8.21. The van der Waals surface area contributed by atoms with Gasteiger partial charge in [0.05, 0.1) is 5.02 Å². The van der Waals surface area contributed by atoms with E-state index < -0.39 is 10.0 Å². The number of hydrogen-bond donors (Lipinski definition) is 0. The van der Waals surface area contributed by atoms with E-state index in [2.05, 4.69) is 0 Å². The first-order valence-electron chi connectivity index (χ1n) is 7.35. The normalized spacial score (nSPS) is 17.4. The molecule has 2 rings (SSSR count). The molecule has 1 saturated carbocycles. The molecule has 0 radical (unpaired) electrons. The highest BCUT2D eigenvalue weighted by atomic mass is 35.5. The monoisotopic (exact) mass is 349 g/mol. The Labute approximate surface area is 137 Å². The lowest BCUT2D eigenvalue weighted by Gasteiger charge is -2.32. The summed E-state index contributed by atoms with van der Waals surface area (Å²) in [6, 6.07) is 3.17. The lowest BCUT2D eigenvalue weighted by molar-refractivity contribution is 0.261. The molecule has 0 N–H and O–H groups in total. The highest BCUT2D eigenvalue weighted by molar-refractivity contribution is 7.89. The van der Waals surface area contributed by atoms with Gasteiger partial charge in [0.15, 0.2) is 0 Å². The minimum Gasteiger partial charge on any atom is -0.207 e. The number of aryl methyl sites for hydroxylation is 1. The molecule has 0 unspecified atom stereocenters. The van der Waals surface area contributed by atoms with Crippen LogP contribution in [0.3, 0.4) is 0 Å². The van der Waals surface area contributed by atoms with E-state index in [-0.39, 0.29) is 16.0 Å². The van der Waals surface area contributed by atoms with E-state index in [9.17, 15) is 8.42 Å². The largest absolute Gasteiger partial charge is 0.244 e. The molecule has 0 spiro atoms. The van der Waals surface area contributed by atoms with Crippen LogP contribution in [0, 0.1) is 6.92 Å². The minimum atomic E-state index is -3.58. The van der Waals surface area contributed by atoms with Crippen molar-refractivity contribution in [2.75, 3.05) is 6.54 Å². The van der Waals surface area contributed by atoms with E-state index in [1.807, 2.05) is 6.92 Å². The van der Waals surface area contributed by atoms with Gasteiger partial charge < -0.3 is 0 Å². The molecule has 1 aromatic carbocycles. The average molecular weight is 350 g/mol. The van der Waals surface area contributed by atoms with Gasteiger partial charge in [0.25, 0.3) is 0 Å². The molecule has 1 aliphatic rings. The molecule has 0 atom stereocenters. The number of nitrogens with zero attached hydrogens (tertiary/aromatic N) is 1. The van der Waals surface area contributed by atoms with E-state index >= 15 is 0 Å². The molecule has 0 saturated heterocycles. The summed E-state index contributed by atoms with van der Waals surface area (Å²) in [6.07, 6.45) is 5.22. The third-order valence-corrected chi connectivity index (χ3v) is 6.99. The van der Waals surface area contributed by atoms with Crippen LogP contribution in [-0.4, -0.2) is 25.3 Å². The fourth-order valence-electron chi connectivity index (χ4n) is 2.95. The first-order valence-corrected chi connectivity index (χ1v) is 9.55. The van der Waals surface area contributed by atoms with Gasteiger partial charge in [0.1, 0.15) is 4.90 Å². The molecule has 0 aromatic heterocycles. The van der Waals surface area contributed by atoms with Gasteiger partial charge in [-0.25, -0.2) is 8.42 Å². The van der Waals surface area contributed by atoms with Gasteiger partial charge in [-0.15, -0.1) is 0 Å². The molecule has 1 fully saturated rings. The molecular formula is C15H21Cl2NO2S. The topological polar surface area (TPSA) is 37.4 Å². The van der Waals surface area contributed by atoms with Crippen LogP contribution in [0.25, 0.3) is 0 Å². The van der Waals surface area contributed by atoms with E-state index in [1.165, 1.54) is 12.5 Å². The van der Waals surface area contributed by atoms with Crippen molar-refractivity contribution in [3.05, 3.63) is 27.7 Å². The maximum Gasteiger partial charge on any atom is 0.244 e. The van der Waals surface area contributed by atoms with Crippen LogP contribution in [0.4, 0.5) is 0 Å². The van der Waals surface area contributed by atoms with Crippen LogP contribution in [0.2, 0.25) is 10.0 Å². The zero-order valence-electron chi connectivity index (χ0n) is 12.4. The van der Waals surface area contributed by atoms with Crippen molar-refractivity contribution in [3.8, 4) is 0 Å². The summed E-state index contributed by atoms with van der Waals surface area (Å²) in [5, 5.41) is 0.680. The molecule has 0 bridgehead atoms. The first-order chi connectivity index (χ1) is 9.87. The SMILES string of the molecule is CCN(C1CCCCC1)S(=O)(=O)c1cc(C)c(Cl)cc1Cl. The van der Waals surface area contributed by atoms with Crippen LogP contribution >= 0.6 is 23.2 Å². The summed E-state index contributed by atoms with van der Waals surface area (Å²) in [4.78, 5) is 0.165. The van der Waals surface area contributed by atoms with Gasteiger partial charge in [-0.1, -0.05) is 49.4 Å². The van der Waals surface area contributed by atoms with E-state index in [4.69, 9.17) is 23.2 Å². The van der Waals surface area contributed by atoms with Crippen LogP contribution in [-0.2, 0) is 10.0 Å². The smallest absolute Gasteiger partial charge is 0.207 e. The Morgan fingerprint density at radius 2 is 1.76 bits per heavy atom. The molecule has 3 nitrogen and oxygen atoms in total. The summed E-state index contributed by atoms with van der Waals surface area (Å²) < 4.78 is 27.5. The van der Waals surface area contributed by atoms with E-state index in [0.717, 1.165) is 31.2 Å². The third kappa shape index (κ3) is 3.55. The number of hydrogen-bond acceptors (Lipinski definition) is 2. The number of sulfonamides is 1.